The van der Waals surface area contributed by atoms with E-state index in [1.54, 1.807) is 0 Å². The number of rotatable bonds is 17. The summed E-state index contributed by atoms with van der Waals surface area (Å²) in [4.78, 5) is 63.2. The topological polar surface area (TPSA) is 308 Å². The maximum absolute atomic E-state index is 12.7. The lowest BCUT2D eigenvalue weighted by atomic mass is 10.1. The molecule has 0 bridgehead atoms. The number of aliphatic imine (C=N–C) groups is 2. The SMILES string of the molecule is NC(N)=NCCCC(N)C(=O)NC(CCCN=C(N)N)C(=O)NCC(=O)NC(Cc1cnc[nH]1)C(=O)O. The Balaban J connectivity index is 2.68. The van der Waals surface area contributed by atoms with Gasteiger partial charge in [-0.25, -0.2) is 9.78 Å². The van der Waals surface area contributed by atoms with Crippen molar-refractivity contribution in [1.82, 2.24) is 25.9 Å². The van der Waals surface area contributed by atoms with Crippen molar-refractivity contribution >= 4 is 35.6 Å². The second-order valence-electron chi connectivity index (χ2n) is 8.02. The zero-order valence-electron chi connectivity index (χ0n) is 20.4. The first-order chi connectivity index (χ1) is 17.5. The number of nitrogens with two attached hydrogens (primary N) is 5. The van der Waals surface area contributed by atoms with Crippen LogP contribution in [0.2, 0.25) is 0 Å². The molecule has 1 rings (SSSR count). The van der Waals surface area contributed by atoms with Gasteiger partial charge in [0.2, 0.25) is 17.7 Å². The van der Waals surface area contributed by atoms with Crippen LogP contribution < -0.4 is 44.6 Å². The highest BCUT2D eigenvalue weighted by Crippen LogP contribution is 2.03. The summed E-state index contributed by atoms with van der Waals surface area (Å²) in [6.07, 6.45) is 3.98. The predicted octanol–water partition coefficient (Wildman–Crippen LogP) is -4.44. The Hall–Kier alpha value is -4.41. The normalized spacial score (nSPS) is 12.9. The molecule has 0 aliphatic rings. The fourth-order valence-corrected chi connectivity index (χ4v) is 3.05. The molecule has 0 aliphatic heterocycles. The Kier molecular flexibility index (Phi) is 13.5. The molecule has 1 aromatic rings. The lowest BCUT2D eigenvalue weighted by Crippen LogP contribution is -2.53. The van der Waals surface area contributed by atoms with Gasteiger partial charge in [0.25, 0.3) is 0 Å². The molecule has 17 nitrogen and oxygen atoms in total. The Labute approximate surface area is 213 Å². The molecule has 0 aliphatic carbocycles. The first-order valence-corrected chi connectivity index (χ1v) is 11.4. The van der Waals surface area contributed by atoms with Crippen molar-refractivity contribution in [3.05, 3.63) is 18.2 Å². The van der Waals surface area contributed by atoms with Gasteiger partial charge in [0.1, 0.15) is 12.1 Å². The van der Waals surface area contributed by atoms with Crippen LogP contribution in [0.5, 0.6) is 0 Å². The first-order valence-electron chi connectivity index (χ1n) is 11.4. The standard InChI is InChI=1S/C20H36N12O5/c21-12(3-1-5-27-19(22)23)16(34)32-13(4-2-6-28-20(24)25)17(35)29-9-15(33)31-14(18(36)37)7-11-8-26-10-30-11/h8,10,12-14H,1-7,9,21H2,(H,26,30)(H,29,35)(H,31,33)(H,32,34)(H,36,37)(H4,22,23,27)(H4,24,25,28). The highest BCUT2D eigenvalue weighted by atomic mass is 16.4. The number of aromatic amines is 1. The Morgan fingerprint density at radius 2 is 1.57 bits per heavy atom. The summed E-state index contributed by atoms with van der Waals surface area (Å²) in [5, 5.41) is 16.6. The van der Waals surface area contributed by atoms with Gasteiger partial charge in [-0.3, -0.25) is 24.4 Å². The molecular weight excluding hydrogens is 488 g/mol. The minimum atomic E-state index is -1.26. The zero-order valence-corrected chi connectivity index (χ0v) is 20.4. The summed E-state index contributed by atoms with van der Waals surface area (Å²) in [6.45, 7) is -0.0179. The van der Waals surface area contributed by atoms with Gasteiger partial charge in [0, 0.05) is 31.4 Å². The van der Waals surface area contributed by atoms with Crippen LogP contribution in [0.25, 0.3) is 0 Å². The van der Waals surface area contributed by atoms with Gasteiger partial charge in [0.15, 0.2) is 11.9 Å². The average Bonchev–Trinajstić information content (AvgIpc) is 3.34. The van der Waals surface area contributed by atoms with Crippen LogP contribution >= 0.6 is 0 Å². The number of aromatic nitrogens is 2. The molecule has 1 aromatic heterocycles. The van der Waals surface area contributed by atoms with Crippen molar-refractivity contribution < 1.29 is 24.3 Å². The van der Waals surface area contributed by atoms with Gasteiger partial charge >= 0.3 is 5.97 Å². The maximum atomic E-state index is 12.7. The Morgan fingerprint density at radius 3 is 2.11 bits per heavy atom. The van der Waals surface area contributed by atoms with Gasteiger partial charge in [-0.15, -0.1) is 0 Å². The summed E-state index contributed by atoms with van der Waals surface area (Å²) in [7, 11) is 0. The molecular formula is C20H36N12O5. The third-order valence-electron chi connectivity index (χ3n) is 4.92. The van der Waals surface area contributed by atoms with Crippen molar-refractivity contribution in [1.29, 1.82) is 0 Å². The number of H-pyrrole nitrogens is 1. The molecule has 3 atom stereocenters. The van der Waals surface area contributed by atoms with Crippen molar-refractivity contribution in [2.75, 3.05) is 19.6 Å². The van der Waals surface area contributed by atoms with E-state index >= 15 is 0 Å². The number of hydrogen-bond donors (Lipinski definition) is 10. The molecule has 0 aromatic carbocycles. The fourth-order valence-electron chi connectivity index (χ4n) is 3.05. The monoisotopic (exact) mass is 524 g/mol. The number of nitrogens with one attached hydrogen (secondary N) is 4. The lowest BCUT2D eigenvalue weighted by molar-refractivity contribution is -0.141. The maximum Gasteiger partial charge on any atom is 0.326 e. The molecule has 15 N–H and O–H groups in total. The molecule has 0 saturated heterocycles. The third-order valence-corrected chi connectivity index (χ3v) is 4.92. The Morgan fingerprint density at radius 1 is 0.946 bits per heavy atom. The van der Waals surface area contributed by atoms with Gasteiger partial charge in [-0.2, -0.15) is 0 Å². The van der Waals surface area contributed by atoms with E-state index in [1.165, 1.54) is 12.5 Å². The van der Waals surface area contributed by atoms with E-state index in [1.807, 2.05) is 0 Å². The highest BCUT2D eigenvalue weighted by Gasteiger charge is 2.25. The smallest absolute Gasteiger partial charge is 0.326 e. The molecule has 37 heavy (non-hydrogen) atoms. The number of amides is 3. The number of carbonyl (C=O) groups is 4. The molecule has 206 valence electrons. The highest BCUT2D eigenvalue weighted by molar-refractivity contribution is 5.92. The van der Waals surface area contributed by atoms with Crippen LogP contribution in [0.1, 0.15) is 31.4 Å². The summed E-state index contributed by atoms with van der Waals surface area (Å²) in [5.41, 5.74) is 27.5. The van der Waals surface area contributed by atoms with Crippen LogP contribution in [0.3, 0.4) is 0 Å². The van der Waals surface area contributed by atoms with E-state index in [4.69, 9.17) is 28.7 Å². The van der Waals surface area contributed by atoms with E-state index in [9.17, 15) is 24.3 Å². The summed E-state index contributed by atoms with van der Waals surface area (Å²) in [6, 6.07) is -3.21. The predicted molar refractivity (Wildman–Crippen MR) is 135 cm³/mol. The van der Waals surface area contributed by atoms with Crippen molar-refractivity contribution in [2.45, 2.75) is 50.2 Å². The number of imidazole rings is 1. The molecule has 0 radical (unpaired) electrons. The summed E-state index contributed by atoms with van der Waals surface area (Å²) < 4.78 is 0. The van der Waals surface area contributed by atoms with Crippen molar-refractivity contribution in [3.8, 4) is 0 Å². The van der Waals surface area contributed by atoms with Crippen LogP contribution in [0, 0.1) is 0 Å². The molecule has 3 amide bonds. The van der Waals surface area contributed by atoms with Crippen molar-refractivity contribution in [2.24, 2.45) is 38.7 Å². The van der Waals surface area contributed by atoms with Crippen LogP contribution in [-0.4, -0.2) is 88.4 Å². The Bertz CT molecular complexity index is 942. The fraction of sp³-hybridized carbons (Fsp3) is 0.550. The van der Waals surface area contributed by atoms with E-state index < -0.39 is 48.4 Å². The first kappa shape index (κ1) is 30.6. The molecule has 1 heterocycles. The van der Waals surface area contributed by atoms with Crippen LogP contribution in [0.15, 0.2) is 22.5 Å². The molecule has 0 spiro atoms. The lowest BCUT2D eigenvalue weighted by Gasteiger charge is -2.21. The van der Waals surface area contributed by atoms with E-state index in [-0.39, 0.29) is 37.7 Å². The average molecular weight is 525 g/mol. The molecule has 3 unspecified atom stereocenters. The number of carboxylic acid groups (broad SMARTS) is 1. The van der Waals surface area contributed by atoms with Gasteiger partial charge in [0.05, 0.1) is 18.9 Å². The van der Waals surface area contributed by atoms with Gasteiger partial charge < -0.3 is 54.7 Å². The molecule has 0 fully saturated rings. The summed E-state index contributed by atoms with van der Waals surface area (Å²) >= 11 is 0. The number of carbonyl (C=O) groups excluding carboxylic acids is 3. The number of guanidine groups is 2. The van der Waals surface area contributed by atoms with E-state index in [0.717, 1.165) is 0 Å². The second kappa shape index (κ2) is 16.3. The zero-order chi connectivity index (χ0) is 27.8. The van der Waals surface area contributed by atoms with Gasteiger partial charge in [-0.1, -0.05) is 0 Å². The summed E-state index contributed by atoms with van der Waals surface area (Å²) in [5.74, 6) is -3.43. The minimum absolute atomic E-state index is 0.0282. The van der Waals surface area contributed by atoms with Crippen LogP contribution in [-0.2, 0) is 25.6 Å². The van der Waals surface area contributed by atoms with Gasteiger partial charge in [-0.05, 0) is 25.7 Å². The molecule has 17 heteroatoms. The number of hydrogen-bond acceptors (Lipinski definition) is 8. The van der Waals surface area contributed by atoms with Crippen molar-refractivity contribution in [3.63, 3.8) is 0 Å². The number of nitrogens with zero attached hydrogens (tertiary/aromatic N) is 3. The number of carboxylic acids is 1. The largest absolute Gasteiger partial charge is 0.480 e. The van der Waals surface area contributed by atoms with E-state index in [0.29, 0.717) is 25.1 Å². The second-order valence-corrected chi connectivity index (χ2v) is 8.02. The minimum Gasteiger partial charge on any atom is -0.480 e. The molecule has 0 saturated carbocycles. The number of aliphatic carboxylic acids is 1. The quantitative estimate of drug-likeness (QED) is 0.0526. The van der Waals surface area contributed by atoms with E-state index in [2.05, 4.69) is 35.9 Å². The third kappa shape index (κ3) is 13.3. The van der Waals surface area contributed by atoms with Crippen LogP contribution in [0.4, 0.5) is 0 Å².